The summed E-state index contributed by atoms with van der Waals surface area (Å²) in [7, 11) is 0. The minimum atomic E-state index is -0.528. The first-order valence-corrected chi connectivity index (χ1v) is 5.42. The molecule has 0 aliphatic carbocycles. The molecule has 0 amide bonds. The maximum Gasteiger partial charge on any atom is 0.327 e. The van der Waals surface area contributed by atoms with E-state index in [4.69, 9.17) is 4.74 Å². The number of aromatic hydroxyl groups is 1. The Labute approximate surface area is 98.8 Å². The summed E-state index contributed by atoms with van der Waals surface area (Å²) in [6.45, 7) is 5.36. The van der Waals surface area contributed by atoms with E-state index in [9.17, 15) is 14.7 Å². The zero-order valence-corrected chi connectivity index (χ0v) is 10.1. The van der Waals surface area contributed by atoms with E-state index in [0.29, 0.717) is 5.69 Å². The van der Waals surface area contributed by atoms with Gasteiger partial charge < -0.3 is 9.84 Å². The largest absolute Gasteiger partial charge is 0.506 e. The van der Waals surface area contributed by atoms with Gasteiger partial charge in [0.2, 0.25) is 0 Å². The monoisotopic (exact) mass is 240 g/mol. The van der Waals surface area contributed by atoms with Crippen molar-refractivity contribution in [1.82, 2.24) is 9.78 Å². The second-order valence-corrected chi connectivity index (χ2v) is 3.87. The summed E-state index contributed by atoms with van der Waals surface area (Å²) in [4.78, 5) is 22.7. The number of aromatic nitrogens is 2. The Morgan fingerprint density at radius 1 is 1.59 bits per heavy atom. The molecule has 0 aromatic carbocycles. The first kappa shape index (κ1) is 13.2. The summed E-state index contributed by atoms with van der Waals surface area (Å²) < 4.78 is 5.72. The summed E-state index contributed by atoms with van der Waals surface area (Å²) in [5, 5.41) is 13.5. The summed E-state index contributed by atoms with van der Waals surface area (Å²) >= 11 is 0. The van der Waals surface area contributed by atoms with E-state index in [1.807, 2.05) is 13.8 Å². The lowest BCUT2D eigenvalue weighted by atomic mass is 10.1. The molecule has 0 aliphatic rings. The molecule has 0 fully saturated rings. The first-order valence-electron chi connectivity index (χ1n) is 5.42. The fraction of sp³-hybridized carbons (Fsp3) is 0.545. The van der Waals surface area contributed by atoms with Gasteiger partial charge in [0.05, 0.1) is 6.61 Å². The van der Waals surface area contributed by atoms with Crippen LogP contribution in [0.1, 0.15) is 32.4 Å². The molecule has 0 unspecified atom stereocenters. The zero-order chi connectivity index (χ0) is 13.0. The lowest BCUT2D eigenvalue weighted by Crippen LogP contribution is -2.28. The SMILES string of the molecule is CCOC(=O)Cn1nc(C(C)C)c(O)cc1=O. The molecule has 0 bridgehead atoms. The average molecular weight is 240 g/mol. The van der Waals surface area contributed by atoms with Gasteiger partial charge in [0.25, 0.3) is 5.56 Å². The van der Waals surface area contributed by atoms with E-state index in [2.05, 4.69) is 5.10 Å². The summed E-state index contributed by atoms with van der Waals surface area (Å²) in [5.41, 5.74) is -0.145. The summed E-state index contributed by atoms with van der Waals surface area (Å²) in [6.07, 6.45) is 0. The van der Waals surface area contributed by atoms with Crippen LogP contribution >= 0.6 is 0 Å². The van der Waals surface area contributed by atoms with Crippen molar-refractivity contribution in [3.05, 3.63) is 22.1 Å². The van der Waals surface area contributed by atoms with Crippen LogP contribution in [-0.4, -0.2) is 27.5 Å². The van der Waals surface area contributed by atoms with Crippen molar-refractivity contribution in [2.24, 2.45) is 0 Å². The van der Waals surface area contributed by atoms with E-state index >= 15 is 0 Å². The van der Waals surface area contributed by atoms with E-state index in [0.717, 1.165) is 10.7 Å². The molecular formula is C11H16N2O4. The highest BCUT2D eigenvalue weighted by atomic mass is 16.5. The van der Waals surface area contributed by atoms with Gasteiger partial charge in [-0.3, -0.25) is 9.59 Å². The maximum absolute atomic E-state index is 11.5. The van der Waals surface area contributed by atoms with Crippen LogP contribution in [0.4, 0.5) is 0 Å². The van der Waals surface area contributed by atoms with Gasteiger partial charge >= 0.3 is 5.97 Å². The molecule has 1 N–H and O–H groups in total. The molecule has 0 saturated carbocycles. The number of carbonyl (C=O) groups excluding carboxylic acids is 1. The van der Waals surface area contributed by atoms with Crippen LogP contribution in [0.5, 0.6) is 5.75 Å². The van der Waals surface area contributed by atoms with Crippen LogP contribution < -0.4 is 5.56 Å². The maximum atomic E-state index is 11.5. The van der Waals surface area contributed by atoms with Crippen molar-refractivity contribution in [2.45, 2.75) is 33.2 Å². The smallest absolute Gasteiger partial charge is 0.327 e. The molecule has 0 atom stereocenters. The molecule has 0 saturated heterocycles. The minimum absolute atomic E-state index is 0.0379. The van der Waals surface area contributed by atoms with Crippen LogP contribution in [0.25, 0.3) is 0 Å². The minimum Gasteiger partial charge on any atom is -0.506 e. The van der Waals surface area contributed by atoms with Crippen molar-refractivity contribution >= 4 is 5.97 Å². The van der Waals surface area contributed by atoms with E-state index < -0.39 is 11.5 Å². The Bertz CT molecular complexity index is 465. The van der Waals surface area contributed by atoms with Gasteiger partial charge in [-0.2, -0.15) is 5.10 Å². The number of hydrogen-bond donors (Lipinski definition) is 1. The van der Waals surface area contributed by atoms with Crippen LogP contribution in [0.2, 0.25) is 0 Å². The number of carbonyl (C=O) groups is 1. The predicted octanol–water partition coefficient (Wildman–Crippen LogP) is 0.635. The van der Waals surface area contributed by atoms with Crippen molar-refractivity contribution in [3.63, 3.8) is 0 Å². The third-order valence-electron chi connectivity index (χ3n) is 2.14. The van der Waals surface area contributed by atoms with Gasteiger partial charge in [-0.15, -0.1) is 0 Å². The fourth-order valence-electron chi connectivity index (χ4n) is 1.35. The second-order valence-electron chi connectivity index (χ2n) is 3.87. The molecule has 1 aromatic heterocycles. The van der Waals surface area contributed by atoms with E-state index in [-0.39, 0.29) is 24.8 Å². The molecule has 1 rings (SSSR count). The number of nitrogens with zero attached hydrogens (tertiary/aromatic N) is 2. The molecule has 94 valence electrons. The predicted molar refractivity (Wildman–Crippen MR) is 60.9 cm³/mol. The Morgan fingerprint density at radius 3 is 2.76 bits per heavy atom. The van der Waals surface area contributed by atoms with E-state index in [1.165, 1.54) is 0 Å². The molecule has 6 heteroatoms. The van der Waals surface area contributed by atoms with Crippen molar-refractivity contribution < 1.29 is 14.6 Å². The third-order valence-corrected chi connectivity index (χ3v) is 2.14. The van der Waals surface area contributed by atoms with Gasteiger partial charge in [0.15, 0.2) is 0 Å². The van der Waals surface area contributed by atoms with Crippen molar-refractivity contribution in [3.8, 4) is 5.75 Å². The highest BCUT2D eigenvalue weighted by Crippen LogP contribution is 2.19. The highest BCUT2D eigenvalue weighted by molar-refractivity contribution is 5.68. The lowest BCUT2D eigenvalue weighted by Gasteiger charge is -2.10. The molecule has 17 heavy (non-hydrogen) atoms. The number of rotatable bonds is 4. The normalized spacial score (nSPS) is 10.6. The van der Waals surface area contributed by atoms with Crippen LogP contribution in [-0.2, 0) is 16.1 Å². The molecule has 6 nitrogen and oxygen atoms in total. The lowest BCUT2D eigenvalue weighted by molar-refractivity contribution is -0.144. The molecular weight excluding hydrogens is 224 g/mol. The summed E-state index contributed by atoms with van der Waals surface area (Å²) in [6, 6.07) is 1.06. The van der Waals surface area contributed by atoms with Gasteiger partial charge in [-0.1, -0.05) is 13.8 Å². The number of hydrogen-bond acceptors (Lipinski definition) is 5. The Hall–Kier alpha value is -1.85. The van der Waals surface area contributed by atoms with Crippen molar-refractivity contribution in [2.75, 3.05) is 6.61 Å². The molecule has 1 heterocycles. The number of ether oxygens (including phenoxy) is 1. The van der Waals surface area contributed by atoms with Gasteiger partial charge in [-0.05, 0) is 6.92 Å². The van der Waals surface area contributed by atoms with Crippen molar-refractivity contribution in [1.29, 1.82) is 0 Å². The Kier molecular flexibility index (Phi) is 4.25. The van der Waals surface area contributed by atoms with Crippen LogP contribution in [0.15, 0.2) is 10.9 Å². The first-order chi connectivity index (χ1) is 7.95. The Morgan fingerprint density at radius 2 is 2.24 bits per heavy atom. The quantitative estimate of drug-likeness (QED) is 0.781. The van der Waals surface area contributed by atoms with Gasteiger partial charge in [0.1, 0.15) is 18.0 Å². The standard InChI is InChI=1S/C11H16N2O4/c1-4-17-10(16)6-13-9(15)5-8(14)11(12-13)7(2)3/h5,7,14H,4,6H2,1-3H3. The average Bonchev–Trinajstić information content (AvgIpc) is 2.21. The van der Waals surface area contributed by atoms with Gasteiger partial charge in [0, 0.05) is 12.0 Å². The third kappa shape index (κ3) is 3.30. The van der Waals surface area contributed by atoms with Crippen LogP contribution in [0.3, 0.4) is 0 Å². The molecule has 1 aromatic rings. The molecule has 0 spiro atoms. The topological polar surface area (TPSA) is 81.4 Å². The number of esters is 1. The van der Waals surface area contributed by atoms with Gasteiger partial charge in [-0.25, -0.2) is 4.68 Å². The molecule has 0 radical (unpaired) electrons. The zero-order valence-electron chi connectivity index (χ0n) is 10.1. The summed E-state index contributed by atoms with van der Waals surface area (Å²) in [5.74, 6) is -0.711. The van der Waals surface area contributed by atoms with Crippen LogP contribution in [0, 0.1) is 0 Å². The molecule has 0 aliphatic heterocycles. The Balaban J connectivity index is 3.04. The van der Waals surface area contributed by atoms with E-state index in [1.54, 1.807) is 6.92 Å². The highest BCUT2D eigenvalue weighted by Gasteiger charge is 2.13. The second kappa shape index (κ2) is 5.47. The fourth-order valence-corrected chi connectivity index (χ4v) is 1.35.